The van der Waals surface area contributed by atoms with E-state index in [1.807, 2.05) is 0 Å². The monoisotopic (exact) mass is 416 g/mol. The van der Waals surface area contributed by atoms with Crippen LogP contribution in [0, 0.1) is 0 Å². The molecule has 0 spiro atoms. The molecule has 8 nitrogen and oxygen atoms in total. The molecule has 0 rings (SSSR count). The molecule has 0 aliphatic rings. The lowest BCUT2D eigenvalue weighted by Gasteiger charge is -2.11. The van der Waals surface area contributed by atoms with Crippen molar-refractivity contribution in [2.24, 2.45) is 0 Å². The zero-order valence-corrected chi connectivity index (χ0v) is 17.7. The molecule has 0 radical (unpaired) electrons. The van der Waals surface area contributed by atoms with E-state index in [0.29, 0.717) is 26.4 Å². The van der Waals surface area contributed by atoms with Crippen LogP contribution in [0.4, 0.5) is 0 Å². The standard InChI is InChI=1S/C18H38O4.H3O4P/c1-2-3-4-5-6-7-8-9-10-11-12-18(20)17-22-16-15-21-14-13-19;1-5(2,3)4/h18-20H,2-17H2,1H3;(H3,1,2,3,4). The molecule has 9 heteroatoms. The molecule has 0 fully saturated rings. The molecular weight excluding hydrogens is 375 g/mol. The largest absolute Gasteiger partial charge is 0.466 e. The second-order valence-corrected chi connectivity index (χ2v) is 7.58. The van der Waals surface area contributed by atoms with Crippen LogP contribution in [0.15, 0.2) is 0 Å². The number of hydrogen-bond donors (Lipinski definition) is 5. The average Bonchev–Trinajstić information content (AvgIpc) is 2.58. The van der Waals surface area contributed by atoms with E-state index in [1.54, 1.807) is 0 Å². The summed E-state index contributed by atoms with van der Waals surface area (Å²) < 4.78 is 19.3. The van der Waals surface area contributed by atoms with Gasteiger partial charge in [-0.3, -0.25) is 0 Å². The number of unbranched alkanes of at least 4 members (excludes halogenated alkanes) is 9. The number of ether oxygens (including phenoxy) is 2. The molecule has 1 unspecified atom stereocenters. The Hall–Kier alpha value is -0.0500. The average molecular weight is 416 g/mol. The molecular formula is C18H41O8P. The maximum Gasteiger partial charge on any atom is 0.466 e. The molecule has 0 saturated heterocycles. The van der Waals surface area contributed by atoms with Crippen molar-refractivity contribution in [3.63, 3.8) is 0 Å². The Morgan fingerprint density at radius 3 is 1.70 bits per heavy atom. The van der Waals surface area contributed by atoms with Crippen LogP contribution in [-0.4, -0.2) is 64.0 Å². The number of aliphatic hydroxyl groups excluding tert-OH is 2. The van der Waals surface area contributed by atoms with E-state index in [0.717, 1.165) is 12.8 Å². The Kier molecular flexibility index (Phi) is 24.0. The Labute approximate surface area is 164 Å². The normalized spacial score (nSPS) is 12.5. The highest BCUT2D eigenvalue weighted by atomic mass is 31.2. The number of hydrogen-bond acceptors (Lipinski definition) is 5. The van der Waals surface area contributed by atoms with Crippen LogP contribution in [-0.2, 0) is 14.0 Å². The zero-order valence-electron chi connectivity index (χ0n) is 16.8. The maximum atomic E-state index is 9.77. The summed E-state index contributed by atoms with van der Waals surface area (Å²) in [5, 5.41) is 18.3. The van der Waals surface area contributed by atoms with Crippen molar-refractivity contribution in [3.8, 4) is 0 Å². The summed E-state index contributed by atoms with van der Waals surface area (Å²) in [6, 6.07) is 0. The molecule has 5 N–H and O–H groups in total. The minimum absolute atomic E-state index is 0.0430. The van der Waals surface area contributed by atoms with Crippen molar-refractivity contribution in [3.05, 3.63) is 0 Å². The topological polar surface area (TPSA) is 137 Å². The molecule has 0 aromatic carbocycles. The van der Waals surface area contributed by atoms with Gasteiger partial charge in [0.05, 0.1) is 39.1 Å². The fourth-order valence-corrected chi connectivity index (χ4v) is 2.45. The Bertz CT molecular complexity index is 316. The molecule has 0 aliphatic heterocycles. The Morgan fingerprint density at radius 2 is 1.22 bits per heavy atom. The van der Waals surface area contributed by atoms with Gasteiger partial charge in [0.25, 0.3) is 0 Å². The predicted molar refractivity (Wildman–Crippen MR) is 105 cm³/mol. The minimum atomic E-state index is -4.64. The Balaban J connectivity index is 0. The van der Waals surface area contributed by atoms with Crippen LogP contribution in [0.5, 0.6) is 0 Å². The van der Waals surface area contributed by atoms with Gasteiger partial charge < -0.3 is 34.4 Å². The minimum Gasteiger partial charge on any atom is -0.394 e. The summed E-state index contributed by atoms with van der Waals surface area (Å²) in [6.07, 6.45) is 13.6. The highest BCUT2D eigenvalue weighted by Gasteiger charge is 2.04. The van der Waals surface area contributed by atoms with Crippen molar-refractivity contribution < 1.29 is 38.9 Å². The lowest BCUT2D eigenvalue weighted by atomic mass is 10.0. The van der Waals surface area contributed by atoms with Crippen LogP contribution >= 0.6 is 7.82 Å². The van der Waals surface area contributed by atoms with Gasteiger partial charge >= 0.3 is 7.82 Å². The first-order valence-electron chi connectivity index (χ1n) is 10.0. The van der Waals surface area contributed by atoms with Gasteiger partial charge in [-0.05, 0) is 6.42 Å². The fraction of sp³-hybridized carbons (Fsp3) is 1.00. The molecule has 0 aromatic rings. The van der Waals surface area contributed by atoms with Crippen molar-refractivity contribution in [2.45, 2.75) is 83.7 Å². The summed E-state index contributed by atoms with van der Waals surface area (Å²) in [4.78, 5) is 21.6. The third-order valence-electron chi connectivity index (χ3n) is 3.81. The smallest absolute Gasteiger partial charge is 0.394 e. The molecule has 0 aromatic heterocycles. The molecule has 1 atom stereocenters. The van der Waals surface area contributed by atoms with Gasteiger partial charge in [0.1, 0.15) is 0 Å². The van der Waals surface area contributed by atoms with Crippen LogP contribution in [0.3, 0.4) is 0 Å². The van der Waals surface area contributed by atoms with Gasteiger partial charge in [0.2, 0.25) is 0 Å². The molecule has 0 amide bonds. The number of aliphatic hydroxyl groups is 2. The van der Waals surface area contributed by atoms with Crippen molar-refractivity contribution in [1.29, 1.82) is 0 Å². The fourth-order valence-electron chi connectivity index (χ4n) is 2.45. The Morgan fingerprint density at radius 1 is 0.778 bits per heavy atom. The molecule has 166 valence electrons. The van der Waals surface area contributed by atoms with Gasteiger partial charge in [-0.1, -0.05) is 71.1 Å². The summed E-state index contributed by atoms with van der Waals surface area (Å²) in [7, 11) is -4.64. The highest BCUT2D eigenvalue weighted by Crippen LogP contribution is 2.25. The van der Waals surface area contributed by atoms with Crippen molar-refractivity contribution in [1.82, 2.24) is 0 Å². The first kappa shape index (κ1) is 29.2. The van der Waals surface area contributed by atoms with E-state index in [1.165, 1.54) is 57.8 Å². The number of rotatable bonds is 18. The highest BCUT2D eigenvalue weighted by molar-refractivity contribution is 7.45. The van der Waals surface area contributed by atoms with Crippen LogP contribution < -0.4 is 0 Å². The lowest BCUT2D eigenvalue weighted by molar-refractivity contribution is -0.00465. The second-order valence-electron chi connectivity index (χ2n) is 6.55. The molecule has 0 heterocycles. The second kappa shape index (κ2) is 22.2. The van der Waals surface area contributed by atoms with E-state index < -0.39 is 7.82 Å². The summed E-state index contributed by atoms with van der Waals surface area (Å²) in [5.41, 5.74) is 0. The van der Waals surface area contributed by atoms with E-state index in [9.17, 15) is 5.11 Å². The van der Waals surface area contributed by atoms with Gasteiger partial charge in [0, 0.05) is 0 Å². The molecule has 0 saturated carbocycles. The first-order chi connectivity index (χ1) is 12.8. The van der Waals surface area contributed by atoms with Crippen LogP contribution in [0.1, 0.15) is 77.6 Å². The van der Waals surface area contributed by atoms with Crippen LogP contribution in [0.2, 0.25) is 0 Å². The maximum absolute atomic E-state index is 9.77. The third-order valence-corrected chi connectivity index (χ3v) is 3.81. The third kappa shape index (κ3) is 37.4. The van der Waals surface area contributed by atoms with Gasteiger partial charge in [-0.2, -0.15) is 0 Å². The lowest BCUT2D eigenvalue weighted by Crippen LogP contribution is -2.17. The first-order valence-corrected chi connectivity index (χ1v) is 11.6. The summed E-state index contributed by atoms with van der Waals surface area (Å²) in [6.45, 7) is 4.00. The van der Waals surface area contributed by atoms with Gasteiger partial charge in [-0.15, -0.1) is 0 Å². The number of phosphoric acid groups is 1. The van der Waals surface area contributed by atoms with Crippen molar-refractivity contribution >= 4 is 7.82 Å². The summed E-state index contributed by atoms with van der Waals surface area (Å²) in [5.74, 6) is 0. The van der Waals surface area contributed by atoms with E-state index in [2.05, 4.69) is 6.92 Å². The van der Waals surface area contributed by atoms with E-state index in [-0.39, 0.29) is 12.7 Å². The van der Waals surface area contributed by atoms with E-state index >= 15 is 0 Å². The van der Waals surface area contributed by atoms with Gasteiger partial charge in [-0.25, -0.2) is 4.57 Å². The molecule has 27 heavy (non-hydrogen) atoms. The molecule has 0 bridgehead atoms. The predicted octanol–water partition coefficient (Wildman–Crippen LogP) is 2.76. The zero-order chi connectivity index (χ0) is 20.8. The van der Waals surface area contributed by atoms with Crippen LogP contribution in [0.25, 0.3) is 0 Å². The van der Waals surface area contributed by atoms with Gasteiger partial charge in [0.15, 0.2) is 0 Å². The quantitative estimate of drug-likeness (QED) is 0.170. The summed E-state index contributed by atoms with van der Waals surface area (Å²) >= 11 is 0. The van der Waals surface area contributed by atoms with E-state index in [4.69, 9.17) is 33.8 Å². The molecule has 0 aliphatic carbocycles. The van der Waals surface area contributed by atoms with Crippen molar-refractivity contribution in [2.75, 3.05) is 33.0 Å². The SMILES string of the molecule is CCCCCCCCCCCCC(O)COCCOCCO.O=P(O)(O)O.